The highest BCUT2D eigenvalue weighted by atomic mass is 127. The number of aliphatic imine (C=N–C) groups is 1. The van der Waals surface area contributed by atoms with Gasteiger partial charge in [-0.25, -0.2) is 8.42 Å². The average Bonchev–Trinajstić information content (AvgIpc) is 3.06. The molecule has 0 bridgehead atoms. The van der Waals surface area contributed by atoms with Crippen LogP contribution in [-0.4, -0.2) is 58.6 Å². The van der Waals surface area contributed by atoms with Crippen molar-refractivity contribution in [1.82, 2.24) is 14.9 Å². The Morgan fingerprint density at radius 2 is 2.12 bits per heavy atom. The zero-order valence-corrected chi connectivity index (χ0v) is 17.5. The van der Waals surface area contributed by atoms with E-state index in [0.29, 0.717) is 49.6 Å². The van der Waals surface area contributed by atoms with Crippen LogP contribution in [0.2, 0.25) is 0 Å². The maximum Gasteiger partial charge on any atom is 0.252 e. The van der Waals surface area contributed by atoms with Crippen LogP contribution in [0.15, 0.2) is 34.0 Å². The van der Waals surface area contributed by atoms with E-state index in [-0.39, 0.29) is 24.0 Å². The summed E-state index contributed by atoms with van der Waals surface area (Å²) >= 11 is 1.27. The van der Waals surface area contributed by atoms with Gasteiger partial charge in [0.1, 0.15) is 4.21 Å². The van der Waals surface area contributed by atoms with Crippen molar-refractivity contribution < 1.29 is 13.2 Å². The number of sulfonamides is 1. The van der Waals surface area contributed by atoms with Gasteiger partial charge in [-0.05, 0) is 12.1 Å². The van der Waals surface area contributed by atoms with Crippen molar-refractivity contribution in [2.24, 2.45) is 4.99 Å². The molecule has 7 nitrogen and oxygen atoms in total. The first kappa shape index (κ1) is 21.4. The first-order valence-electron chi connectivity index (χ1n) is 7.30. The molecular weight excluding hydrogens is 463 g/mol. The van der Waals surface area contributed by atoms with Crippen molar-refractivity contribution in [3.63, 3.8) is 0 Å². The molecule has 0 amide bonds. The summed E-state index contributed by atoms with van der Waals surface area (Å²) in [4.78, 5) is 5.01. The Labute approximate surface area is 164 Å². The normalized spacial score (nSPS) is 16.3. The maximum absolute atomic E-state index is 12.5. The summed E-state index contributed by atoms with van der Waals surface area (Å²) in [5.41, 5.74) is 0. The highest BCUT2D eigenvalue weighted by molar-refractivity contribution is 14.0. The minimum absolute atomic E-state index is 0. The van der Waals surface area contributed by atoms with Gasteiger partial charge in [0.05, 0.1) is 19.8 Å². The third-order valence-electron chi connectivity index (χ3n) is 3.27. The van der Waals surface area contributed by atoms with Gasteiger partial charge in [-0.3, -0.25) is 4.99 Å². The van der Waals surface area contributed by atoms with E-state index in [9.17, 15) is 8.42 Å². The van der Waals surface area contributed by atoms with E-state index in [0.717, 1.165) is 4.88 Å². The number of morpholine rings is 1. The average molecular weight is 486 g/mol. The summed E-state index contributed by atoms with van der Waals surface area (Å²) in [5, 5.41) is 6.20. The Morgan fingerprint density at radius 3 is 2.75 bits per heavy atom. The van der Waals surface area contributed by atoms with Crippen LogP contribution < -0.4 is 10.6 Å². The first-order valence-corrected chi connectivity index (χ1v) is 9.55. The second kappa shape index (κ2) is 10.3. The lowest BCUT2D eigenvalue weighted by atomic mass is 10.4. The maximum atomic E-state index is 12.5. The molecule has 2 rings (SSSR count). The van der Waals surface area contributed by atoms with Crippen molar-refractivity contribution in [2.75, 3.05) is 39.9 Å². The molecule has 0 aliphatic carbocycles. The third kappa shape index (κ3) is 5.69. The van der Waals surface area contributed by atoms with E-state index in [2.05, 4.69) is 22.2 Å². The molecule has 0 saturated carbocycles. The van der Waals surface area contributed by atoms with E-state index in [1.54, 1.807) is 19.2 Å². The minimum Gasteiger partial charge on any atom is -0.379 e. The van der Waals surface area contributed by atoms with E-state index >= 15 is 0 Å². The lowest BCUT2D eigenvalue weighted by Crippen LogP contribution is -2.40. The number of guanidine groups is 1. The molecular formula is C14H23IN4O3S2. The number of halogens is 1. The molecule has 1 saturated heterocycles. The number of nitrogens with zero attached hydrogens (tertiary/aromatic N) is 2. The van der Waals surface area contributed by atoms with Gasteiger partial charge >= 0.3 is 0 Å². The van der Waals surface area contributed by atoms with Gasteiger partial charge in [-0.15, -0.1) is 41.9 Å². The quantitative estimate of drug-likeness (QED) is 0.274. The Hall–Kier alpha value is -0.690. The number of thiophene rings is 1. The fourth-order valence-corrected chi connectivity index (χ4v) is 4.92. The largest absolute Gasteiger partial charge is 0.379 e. The number of hydrogen-bond donors (Lipinski definition) is 2. The number of nitrogens with one attached hydrogen (secondary N) is 2. The van der Waals surface area contributed by atoms with Crippen LogP contribution in [0.25, 0.3) is 0 Å². The molecule has 24 heavy (non-hydrogen) atoms. The van der Waals surface area contributed by atoms with Crippen LogP contribution in [0, 0.1) is 0 Å². The van der Waals surface area contributed by atoms with E-state index in [1.807, 2.05) is 6.07 Å². The number of ether oxygens (including phenoxy) is 1. The van der Waals surface area contributed by atoms with Crippen molar-refractivity contribution in [3.05, 3.63) is 29.7 Å². The SMILES string of the molecule is C=CCNC(=NC)NCc1ccc(S(=O)(=O)N2CCOCC2)s1.I. The lowest BCUT2D eigenvalue weighted by Gasteiger charge is -2.25. The molecule has 1 aliphatic rings. The second-order valence-corrected chi connectivity index (χ2v) is 8.17. The first-order chi connectivity index (χ1) is 11.1. The summed E-state index contributed by atoms with van der Waals surface area (Å²) in [6.07, 6.45) is 1.74. The van der Waals surface area contributed by atoms with E-state index in [1.165, 1.54) is 15.6 Å². The van der Waals surface area contributed by atoms with Crippen molar-refractivity contribution in [2.45, 2.75) is 10.8 Å². The molecule has 0 spiro atoms. The standard InChI is InChI=1S/C14H22N4O3S2.HI/c1-3-6-16-14(15-2)17-11-12-4-5-13(22-12)23(19,20)18-7-9-21-10-8-18;/h3-5H,1,6-11H2,2H3,(H2,15,16,17);1H. The van der Waals surface area contributed by atoms with Gasteiger partial charge in [0.15, 0.2) is 5.96 Å². The van der Waals surface area contributed by atoms with Gasteiger partial charge in [-0.2, -0.15) is 4.31 Å². The molecule has 1 aromatic rings. The monoisotopic (exact) mass is 486 g/mol. The van der Waals surface area contributed by atoms with E-state index < -0.39 is 10.0 Å². The summed E-state index contributed by atoms with van der Waals surface area (Å²) in [5.74, 6) is 0.649. The Morgan fingerprint density at radius 1 is 1.42 bits per heavy atom. The fourth-order valence-electron chi connectivity index (χ4n) is 2.07. The zero-order valence-electron chi connectivity index (χ0n) is 13.5. The Balaban J connectivity index is 0.00000288. The van der Waals surface area contributed by atoms with Crippen molar-refractivity contribution in [1.29, 1.82) is 0 Å². The fraction of sp³-hybridized carbons (Fsp3) is 0.500. The molecule has 1 aromatic heterocycles. The van der Waals surface area contributed by atoms with Gasteiger partial charge in [0, 0.05) is 31.6 Å². The summed E-state index contributed by atoms with van der Waals surface area (Å²) in [6.45, 7) is 6.48. The number of rotatable bonds is 6. The summed E-state index contributed by atoms with van der Waals surface area (Å²) in [7, 11) is -1.73. The molecule has 0 radical (unpaired) electrons. The summed E-state index contributed by atoms with van der Waals surface area (Å²) in [6, 6.07) is 3.48. The van der Waals surface area contributed by atoms with Crippen LogP contribution in [0.3, 0.4) is 0 Å². The van der Waals surface area contributed by atoms with Crippen LogP contribution in [0.5, 0.6) is 0 Å². The predicted octanol–water partition coefficient (Wildman–Crippen LogP) is 1.24. The molecule has 136 valence electrons. The minimum atomic E-state index is -3.41. The van der Waals surface area contributed by atoms with Crippen LogP contribution >= 0.6 is 35.3 Å². The smallest absolute Gasteiger partial charge is 0.252 e. The summed E-state index contributed by atoms with van der Waals surface area (Å²) < 4.78 is 32.1. The van der Waals surface area contributed by atoms with Crippen LogP contribution in [0.4, 0.5) is 0 Å². The molecule has 0 atom stereocenters. The zero-order chi connectivity index (χ0) is 16.7. The van der Waals surface area contributed by atoms with Gasteiger partial charge in [0.2, 0.25) is 0 Å². The van der Waals surface area contributed by atoms with Gasteiger partial charge < -0.3 is 15.4 Å². The van der Waals surface area contributed by atoms with Crippen molar-refractivity contribution >= 4 is 51.3 Å². The van der Waals surface area contributed by atoms with Crippen molar-refractivity contribution in [3.8, 4) is 0 Å². The highest BCUT2D eigenvalue weighted by Gasteiger charge is 2.27. The topological polar surface area (TPSA) is 83.0 Å². The number of hydrogen-bond acceptors (Lipinski definition) is 5. The molecule has 1 fully saturated rings. The predicted molar refractivity (Wildman–Crippen MR) is 108 cm³/mol. The third-order valence-corrected chi connectivity index (χ3v) is 6.72. The molecule has 0 aromatic carbocycles. The van der Waals surface area contributed by atoms with Gasteiger partial charge in [0.25, 0.3) is 10.0 Å². The molecule has 1 aliphatic heterocycles. The Bertz CT molecular complexity index is 655. The van der Waals surface area contributed by atoms with E-state index in [4.69, 9.17) is 4.74 Å². The Kier molecular flexibility index (Phi) is 9.19. The second-order valence-electron chi connectivity index (χ2n) is 4.83. The highest BCUT2D eigenvalue weighted by Crippen LogP contribution is 2.25. The lowest BCUT2D eigenvalue weighted by molar-refractivity contribution is 0.0731. The van der Waals surface area contributed by atoms with Gasteiger partial charge in [-0.1, -0.05) is 6.08 Å². The van der Waals surface area contributed by atoms with Crippen LogP contribution in [-0.2, 0) is 21.3 Å². The molecule has 2 heterocycles. The van der Waals surface area contributed by atoms with Crippen LogP contribution in [0.1, 0.15) is 4.88 Å². The molecule has 0 unspecified atom stereocenters. The molecule has 10 heteroatoms. The molecule has 2 N–H and O–H groups in total.